The monoisotopic (exact) mass is 233 g/mol. The third kappa shape index (κ3) is 2.62. The molecule has 1 fully saturated rings. The molecule has 3 amide bonds. The second kappa shape index (κ2) is 4.55. The number of urea groups is 1. The number of hydrogen-bond acceptors (Lipinski definition) is 3. The summed E-state index contributed by atoms with van der Waals surface area (Å²) in [5.41, 5.74) is 7.94. The molecule has 2 rings (SSSR count). The van der Waals surface area contributed by atoms with Gasteiger partial charge in [0.2, 0.25) is 5.91 Å². The molecule has 0 bridgehead atoms. The van der Waals surface area contributed by atoms with Crippen LogP contribution in [0.2, 0.25) is 0 Å². The summed E-state index contributed by atoms with van der Waals surface area (Å²) in [6, 6.07) is 7.38. The lowest BCUT2D eigenvalue weighted by atomic mass is 9.94. The standard InChI is InChI=1S/C12H15N3O2/c1-7-2-4-8(5-3-7)6-9-10(13)14-12(17)15-11(9)16/h2-5,9-10H,6,13H2,1H3,(H2,14,15,16,17). The molecule has 2 atom stereocenters. The van der Waals surface area contributed by atoms with Crippen LogP contribution in [0.3, 0.4) is 0 Å². The number of imide groups is 1. The number of nitrogens with one attached hydrogen (secondary N) is 2. The molecule has 1 aromatic carbocycles. The number of aryl methyl sites for hydroxylation is 1. The zero-order chi connectivity index (χ0) is 12.4. The van der Waals surface area contributed by atoms with Crippen LogP contribution in [0.25, 0.3) is 0 Å². The van der Waals surface area contributed by atoms with Gasteiger partial charge in [0.05, 0.1) is 12.1 Å². The molecule has 4 N–H and O–H groups in total. The third-order valence-corrected chi connectivity index (χ3v) is 2.88. The van der Waals surface area contributed by atoms with Gasteiger partial charge >= 0.3 is 6.03 Å². The highest BCUT2D eigenvalue weighted by molar-refractivity contribution is 5.98. The Morgan fingerprint density at radius 3 is 2.47 bits per heavy atom. The topological polar surface area (TPSA) is 84.2 Å². The Morgan fingerprint density at radius 1 is 1.24 bits per heavy atom. The molecule has 90 valence electrons. The minimum absolute atomic E-state index is 0.318. The predicted octanol–water partition coefficient (Wildman–Crippen LogP) is 0.278. The molecule has 0 aromatic heterocycles. The Morgan fingerprint density at radius 2 is 1.88 bits per heavy atom. The van der Waals surface area contributed by atoms with E-state index in [9.17, 15) is 9.59 Å². The molecule has 17 heavy (non-hydrogen) atoms. The molecule has 1 aliphatic heterocycles. The van der Waals surface area contributed by atoms with Crippen LogP contribution < -0.4 is 16.4 Å². The summed E-state index contributed by atoms with van der Waals surface area (Å²) in [5.74, 6) is -0.739. The van der Waals surface area contributed by atoms with E-state index < -0.39 is 18.1 Å². The quantitative estimate of drug-likeness (QED) is 0.686. The predicted molar refractivity (Wildman–Crippen MR) is 63.0 cm³/mol. The molecule has 0 aliphatic carbocycles. The van der Waals surface area contributed by atoms with E-state index in [1.54, 1.807) is 0 Å². The maximum Gasteiger partial charge on any atom is 0.322 e. The number of carbonyl (C=O) groups is 2. The molecule has 5 heteroatoms. The van der Waals surface area contributed by atoms with Crippen molar-refractivity contribution in [1.82, 2.24) is 10.6 Å². The van der Waals surface area contributed by atoms with Crippen molar-refractivity contribution in [2.75, 3.05) is 0 Å². The molecule has 0 saturated carbocycles. The van der Waals surface area contributed by atoms with Gasteiger partial charge < -0.3 is 11.1 Å². The Labute approximate surface area is 99.4 Å². The average Bonchev–Trinajstić information content (AvgIpc) is 2.26. The molecule has 0 spiro atoms. The molecule has 1 heterocycles. The zero-order valence-corrected chi connectivity index (χ0v) is 9.57. The van der Waals surface area contributed by atoms with Crippen molar-refractivity contribution < 1.29 is 9.59 Å². The van der Waals surface area contributed by atoms with Gasteiger partial charge in [-0.1, -0.05) is 29.8 Å². The maximum absolute atomic E-state index is 11.6. The number of hydrogen-bond donors (Lipinski definition) is 3. The zero-order valence-electron chi connectivity index (χ0n) is 9.57. The Balaban J connectivity index is 2.09. The molecular formula is C12H15N3O2. The van der Waals surface area contributed by atoms with Gasteiger partial charge in [0.1, 0.15) is 0 Å². The van der Waals surface area contributed by atoms with Gasteiger partial charge in [0.25, 0.3) is 0 Å². The summed E-state index contributed by atoms with van der Waals surface area (Å²) in [6.07, 6.45) is -0.106. The normalized spacial score (nSPS) is 24.1. The van der Waals surface area contributed by atoms with Crippen LogP contribution >= 0.6 is 0 Å². The van der Waals surface area contributed by atoms with Crippen LogP contribution in [-0.4, -0.2) is 18.1 Å². The Kier molecular flexibility index (Phi) is 3.10. The minimum Gasteiger partial charge on any atom is -0.322 e. The third-order valence-electron chi connectivity index (χ3n) is 2.88. The van der Waals surface area contributed by atoms with E-state index in [1.807, 2.05) is 31.2 Å². The molecule has 2 unspecified atom stereocenters. The van der Waals surface area contributed by atoms with Crippen molar-refractivity contribution in [3.8, 4) is 0 Å². The number of nitrogens with two attached hydrogens (primary N) is 1. The van der Waals surface area contributed by atoms with Crippen molar-refractivity contribution in [2.45, 2.75) is 19.5 Å². The first kappa shape index (κ1) is 11.6. The highest BCUT2D eigenvalue weighted by Crippen LogP contribution is 2.14. The summed E-state index contributed by atoms with van der Waals surface area (Å²) in [5, 5.41) is 4.72. The SMILES string of the molecule is Cc1ccc(CC2C(=O)NC(=O)NC2N)cc1. The van der Waals surface area contributed by atoms with E-state index in [0.29, 0.717) is 6.42 Å². The lowest BCUT2D eigenvalue weighted by Gasteiger charge is -2.28. The van der Waals surface area contributed by atoms with Crippen molar-refractivity contribution >= 4 is 11.9 Å². The summed E-state index contributed by atoms with van der Waals surface area (Å²) < 4.78 is 0. The van der Waals surface area contributed by atoms with Crippen LogP contribution in [0.4, 0.5) is 4.79 Å². The number of benzene rings is 1. The van der Waals surface area contributed by atoms with Gasteiger partial charge in [-0.05, 0) is 18.9 Å². The summed E-state index contributed by atoms with van der Waals surface area (Å²) in [6.45, 7) is 2.00. The second-order valence-electron chi connectivity index (χ2n) is 4.28. The molecule has 1 saturated heterocycles. The Hall–Kier alpha value is -1.88. The second-order valence-corrected chi connectivity index (χ2v) is 4.28. The molecular weight excluding hydrogens is 218 g/mol. The molecule has 5 nitrogen and oxygen atoms in total. The Bertz CT molecular complexity index is 442. The molecule has 1 aliphatic rings. The van der Waals surface area contributed by atoms with E-state index in [0.717, 1.165) is 5.56 Å². The van der Waals surface area contributed by atoms with E-state index in [4.69, 9.17) is 5.73 Å². The van der Waals surface area contributed by atoms with Crippen molar-refractivity contribution in [3.63, 3.8) is 0 Å². The lowest BCUT2D eigenvalue weighted by molar-refractivity contribution is -0.125. The van der Waals surface area contributed by atoms with E-state index in [1.165, 1.54) is 5.56 Å². The molecule has 0 radical (unpaired) electrons. The fourth-order valence-corrected chi connectivity index (χ4v) is 1.85. The van der Waals surface area contributed by atoms with Crippen LogP contribution in [0.5, 0.6) is 0 Å². The summed E-state index contributed by atoms with van der Waals surface area (Å²) >= 11 is 0. The molecule has 1 aromatic rings. The summed E-state index contributed by atoms with van der Waals surface area (Å²) in [4.78, 5) is 22.6. The number of amides is 3. The van der Waals surface area contributed by atoms with Gasteiger partial charge in [-0.15, -0.1) is 0 Å². The first-order chi connectivity index (χ1) is 8.06. The van der Waals surface area contributed by atoms with E-state index in [-0.39, 0.29) is 5.91 Å². The van der Waals surface area contributed by atoms with Crippen LogP contribution in [-0.2, 0) is 11.2 Å². The van der Waals surface area contributed by atoms with Crippen LogP contribution in [0.1, 0.15) is 11.1 Å². The highest BCUT2D eigenvalue weighted by atomic mass is 16.2. The summed E-state index contributed by atoms with van der Waals surface area (Å²) in [7, 11) is 0. The van der Waals surface area contributed by atoms with Gasteiger partial charge in [-0.2, -0.15) is 0 Å². The van der Waals surface area contributed by atoms with Gasteiger partial charge in [-0.25, -0.2) is 4.79 Å². The minimum atomic E-state index is -0.627. The van der Waals surface area contributed by atoms with Gasteiger partial charge in [-0.3, -0.25) is 10.1 Å². The first-order valence-corrected chi connectivity index (χ1v) is 5.49. The van der Waals surface area contributed by atoms with Crippen LogP contribution in [0, 0.1) is 12.8 Å². The van der Waals surface area contributed by atoms with Crippen LogP contribution in [0.15, 0.2) is 24.3 Å². The maximum atomic E-state index is 11.6. The number of rotatable bonds is 2. The highest BCUT2D eigenvalue weighted by Gasteiger charge is 2.32. The van der Waals surface area contributed by atoms with Crippen molar-refractivity contribution in [1.29, 1.82) is 0 Å². The fourth-order valence-electron chi connectivity index (χ4n) is 1.85. The van der Waals surface area contributed by atoms with Crippen molar-refractivity contribution in [3.05, 3.63) is 35.4 Å². The largest absolute Gasteiger partial charge is 0.322 e. The first-order valence-electron chi connectivity index (χ1n) is 5.49. The van der Waals surface area contributed by atoms with Crippen molar-refractivity contribution in [2.24, 2.45) is 11.7 Å². The average molecular weight is 233 g/mol. The van der Waals surface area contributed by atoms with Gasteiger partial charge in [0, 0.05) is 0 Å². The fraction of sp³-hybridized carbons (Fsp3) is 0.333. The van der Waals surface area contributed by atoms with Gasteiger partial charge in [0.15, 0.2) is 0 Å². The van der Waals surface area contributed by atoms with E-state index in [2.05, 4.69) is 10.6 Å². The lowest BCUT2D eigenvalue weighted by Crippen LogP contribution is -2.62. The van der Waals surface area contributed by atoms with E-state index >= 15 is 0 Å². The smallest absolute Gasteiger partial charge is 0.322 e. The number of carbonyl (C=O) groups excluding carboxylic acids is 2.